The van der Waals surface area contributed by atoms with Crippen LogP contribution in [0.1, 0.15) is 258 Å². The molecule has 0 aliphatic carbocycles. The van der Waals surface area contributed by atoms with Crippen molar-refractivity contribution in [2.24, 2.45) is 0 Å². The molecule has 5 nitrogen and oxygen atoms in total. The summed E-state index contributed by atoms with van der Waals surface area (Å²) in [5.74, 6) is -0.278. The SMILES string of the molecule is CCCCCCCCCCCCCCCCCCCCCCCC(O)CC(=O)NC(CO)C(O)CCCCCCCCCCCCCCCC. The number of carbonyl (C=O) groups is 1. The molecular weight excluding hydrogens is 618 g/mol. The monoisotopic (exact) mass is 710 g/mol. The number of unbranched alkanes of at least 4 members (excludes halogenated alkanes) is 33. The lowest BCUT2D eigenvalue weighted by atomic mass is 10.0. The van der Waals surface area contributed by atoms with Crippen molar-refractivity contribution < 1.29 is 20.1 Å². The van der Waals surface area contributed by atoms with E-state index >= 15 is 0 Å². The van der Waals surface area contributed by atoms with Crippen LogP contribution < -0.4 is 5.32 Å². The summed E-state index contributed by atoms with van der Waals surface area (Å²) in [5, 5.41) is 33.4. The predicted octanol–water partition coefficient (Wildman–Crippen LogP) is 13.0. The Kier molecular flexibility index (Phi) is 40.6. The van der Waals surface area contributed by atoms with Crippen molar-refractivity contribution in [3.05, 3.63) is 0 Å². The van der Waals surface area contributed by atoms with Crippen molar-refractivity contribution in [1.29, 1.82) is 0 Å². The Labute approximate surface area is 313 Å². The Morgan fingerprint density at radius 1 is 0.420 bits per heavy atom. The van der Waals surface area contributed by atoms with Gasteiger partial charge >= 0.3 is 0 Å². The van der Waals surface area contributed by atoms with Gasteiger partial charge in [-0.3, -0.25) is 4.79 Å². The maximum absolute atomic E-state index is 12.5. The molecule has 300 valence electrons. The fourth-order valence-corrected chi connectivity index (χ4v) is 7.41. The summed E-state index contributed by atoms with van der Waals surface area (Å²) in [5.41, 5.74) is 0. The summed E-state index contributed by atoms with van der Waals surface area (Å²) >= 11 is 0. The standard InChI is InChI=1S/C45H91NO4/c1-3-5-7-9-11-13-15-17-19-20-21-22-23-24-25-26-28-30-32-34-36-38-42(48)40-45(50)46-43(41-47)44(49)39-37-35-33-31-29-27-18-16-14-12-10-8-6-4-2/h42-44,47-49H,3-41H2,1-2H3,(H,46,50). The number of carbonyl (C=O) groups excluding carboxylic acids is 1. The third-order valence-electron chi connectivity index (χ3n) is 10.9. The molecule has 0 saturated carbocycles. The van der Waals surface area contributed by atoms with E-state index in [1.54, 1.807) is 0 Å². The molecule has 0 aromatic carbocycles. The first-order chi connectivity index (χ1) is 24.5. The number of hydrogen-bond donors (Lipinski definition) is 4. The minimum atomic E-state index is -0.743. The molecule has 1 amide bonds. The van der Waals surface area contributed by atoms with Gasteiger partial charge < -0.3 is 20.6 Å². The van der Waals surface area contributed by atoms with Crippen LogP contribution in [-0.4, -0.2) is 46.1 Å². The first kappa shape index (κ1) is 49.4. The van der Waals surface area contributed by atoms with Crippen LogP contribution in [0, 0.1) is 0 Å². The molecule has 0 aliphatic rings. The van der Waals surface area contributed by atoms with E-state index < -0.39 is 18.2 Å². The van der Waals surface area contributed by atoms with E-state index in [2.05, 4.69) is 19.2 Å². The third-order valence-corrected chi connectivity index (χ3v) is 10.9. The second kappa shape index (κ2) is 41.1. The van der Waals surface area contributed by atoms with E-state index in [1.807, 2.05) is 0 Å². The minimum Gasteiger partial charge on any atom is -0.394 e. The Balaban J connectivity index is 3.54. The summed E-state index contributed by atoms with van der Waals surface area (Å²) in [6.45, 7) is 4.28. The third kappa shape index (κ3) is 37.1. The molecule has 0 spiro atoms. The first-order valence-electron chi connectivity index (χ1n) is 22.8. The Hall–Kier alpha value is -0.650. The molecule has 5 heteroatoms. The highest BCUT2D eigenvalue weighted by Gasteiger charge is 2.21. The summed E-state index contributed by atoms with van der Waals surface area (Å²) in [4.78, 5) is 12.5. The van der Waals surface area contributed by atoms with Crippen molar-refractivity contribution >= 4 is 5.91 Å². The molecule has 4 N–H and O–H groups in total. The average Bonchev–Trinajstić information content (AvgIpc) is 3.11. The van der Waals surface area contributed by atoms with Gasteiger partial charge in [0.15, 0.2) is 0 Å². The Morgan fingerprint density at radius 3 is 0.960 bits per heavy atom. The normalized spacial score (nSPS) is 13.5. The van der Waals surface area contributed by atoms with Gasteiger partial charge in [0, 0.05) is 0 Å². The van der Waals surface area contributed by atoms with E-state index in [0.717, 1.165) is 25.7 Å². The van der Waals surface area contributed by atoms with Gasteiger partial charge in [-0.15, -0.1) is 0 Å². The average molecular weight is 710 g/mol. The predicted molar refractivity (Wildman–Crippen MR) is 218 cm³/mol. The largest absolute Gasteiger partial charge is 0.394 e. The lowest BCUT2D eigenvalue weighted by Gasteiger charge is -2.23. The number of aliphatic hydroxyl groups excluding tert-OH is 3. The van der Waals surface area contributed by atoms with Crippen LogP contribution in [0.25, 0.3) is 0 Å². The molecule has 3 atom stereocenters. The number of aliphatic hydroxyl groups is 3. The van der Waals surface area contributed by atoms with E-state index in [4.69, 9.17) is 0 Å². The summed E-state index contributed by atoms with van der Waals surface area (Å²) < 4.78 is 0. The van der Waals surface area contributed by atoms with E-state index in [1.165, 1.54) is 199 Å². The summed E-state index contributed by atoms with van der Waals surface area (Å²) in [6.07, 6.45) is 46.5. The van der Waals surface area contributed by atoms with Gasteiger partial charge in [-0.05, 0) is 12.8 Å². The molecule has 0 bridgehead atoms. The van der Waals surface area contributed by atoms with Crippen LogP contribution in [0.5, 0.6) is 0 Å². The van der Waals surface area contributed by atoms with Crippen LogP contribution in [-0.2, 0) is 4.79 Å². The van der Waals surface area contributed by atoms with Gasteiger partial charge in [-0.25, -0.2) is 0 Å². The smallest absolute Gasteiger partial charge is 0.222 e. The fourth-order valence-electron chi connectivity index (χ4n) is 7.41. The zero-order valence-corrected chi connectivity index (χ0v) is 34.1. The van der Waals surface area contributed by atoms with E-state index in [9.17, 15) is 20.1 Å². The number of rotatable bonds is 42. The molecule has 0 aliphatic heterocycles. The maximum Gasteiger partial charge on any atom is 0.222 e. The first-order valence-corrected chi connectivity index (χ1v) is 22.8. The number of amides is 1. The second-order valence-corrected chi connectivity index (χ2v) is 16.0. The molecule has 0 rings (SSSR count). The Morgan fingerprint density at radius 2 is 0.680 bits per heavy atom. The number of hydrogen-bond acceptors (Lipinski definition) is 4. The Bertz CT molecular complexity index is 659. The van der Waals surface area contributed by atoms with Crippen molar-refractivity contribution in [3.8, 4) is 0 Å². The van der Waals surface area contributed by atoms with Gasteiger partial charge in [0.2, 0.25) is 5.91 Å². The molecule has 0 heterocycles. The van der Waals surface area contributed by atoms with Gasteiger partial charge in [0.1, 0.15) is 0 Å². The lowest BCUT2D eigenvalue weighted by molar-refractivity contribution is -0.125. The van der Waals surface area contributed by atoms with Crippen LogP contribution in [0.15, 0.2) is 0 Å². The highest BCUT2D eigenvalue weighted by atomic mass is 16.3. The zero-order valence-electron chi connectivity index (χ0n) is 34.1. The van der Waals surface area contributed by atoms with Crippen LogP contribution in [0.4, 0.5) is 0 Å². The van der Waals surface area contributed by atoms with Gasteiger partial charge in [-0.1, -0.05) is 239 Å². The molecule has 0 saturated heterocycles. The maximum atomic E-state index is 12.5. The van der Waals surface area contributed by atoms with Gasteiger partial charge in [0.25, 0.3) is 0 Å². The summed E-state index contributed by atoms with van der Waals surface area (Å²) in [7, 11) is 0. The van der Waals surface area contributed by atoms with Crippen molar-refractivity contribution in [3.63, 3.8) is 0 Å². The summed E-state index contributed by atoms with van der Waals surface area (Å²) in [6, 6.07) is -0.652. The molecule has 0 fully saturated rings. The van der Waals surface area contributed by atoms with E-state index in [-0.39, 0.29) is 18.9 Å². The number of nitrogens with one attached hydrogen (secondary N) is 1. The van der Waals surface area contributed by atoms with Crippen LogP contribution in [0.3, 0.4) is 0 Å². The van der Waals surface area contributed by atoms with Crippen molar-refractivity contribution in [2.45, 2.75) is 276 Å². The molecule has 0 aromatic rings. The quantitative estimate of drug-likeness (QED) is 0.0475. The molecular formula is C45H91NO4. The van der Waals surface area contributed by atoms with Crippen LogP contribution in [0.2, 0.25) is 0 Å². The highest BCUT2D eigenvalue weighted by Crippen LogP contribution is 2.17. The van der Waals surface area contributed by atoms with Gasteiger partial charge in [-0.2, -0.15) is 0 Å². The van der Waals surface area contributed by atoms with Crippen molar-refractivity contribution in [2.75, 3.05) is 6.61 Å². The molecule has 3 unspecified atom stereocenters. The van der Waals surface area contributed by atoms with Gasteiger partial charge in [0.05, 0.1) is 31.3 Å². The van der Waals surface area contributed by atoms with Crippen LogP contribution >= 0.6 is 0 Å². The molecule has 0 radical (unpaired) electrons. The fraction of sp³-hybridized carbons (Fsp3) is 0.978. The zero-order chi connectivity index (χ0) is 36.6. The lowest BCUT2D eigenvalue weighted by Crippen LogP contribution is -2.46. The van der Waals surface area contributed by atoms with E-state index in [0.29, 0.717) is 12.8 Å². The molecule has 0 aromatic heterocycles. The van der Waals surface area contributed by atoms with Crippen molar-refractivity contribution in [1.82, 2.24) is 5.32 Å². The minimum absolute atomic E-state index is 0.0429. The second-order valence-electron chi connectivity index (χ2n) is 16.0. The molecule has 50 heavy (non-hydrogen) atoms. The topological polar surface area (TPSA) is 89.8 Å². The highest BCUT2D eigenvalue weighted by molar-refractivity contribution is 5.76.